The van der Waals surface area contributed by atoms with Crippen LogP contribution in [0.4, 0.5) is 0 Å². The third-order valence-corrected chi connectivity index (χ3v) is 3.72. The van der Waals surface area contributed by atoms with Crippen LogP contribution in [0.5, 0.6) is 0 Å². The van der Waals surface area contributed by atoms with Crippen molar-refractivity contribution in [1.82, 2.24) is 0 Å². The standard InChI is InChI=1S/C10H15.C6H11.2BrH.Zr/c1-6-7(2)9(4)10(5)8(6)3;1-4-6(3)5-2;;;/h1-5H3;4-5H,1-3H3;2*1H;/q;;;;+2/p-2. The Morgan fingerprint density at radius 3 is 0.947 bits per heavy atom. The summed E-state index contributed by atoms with van der Waals surface area (Å²) < 4.78 is 0. The summed E-state index contributed by atoms with van der Waals surface area (Å²) in [6.07, 6.45) is 4.17. The molecule has 1 fully saturated rings. The van der Waals surface area contributed by atoms with Crippen LogP contribution in [0.15, 0.2) is 0 Å². The summed E-state index contributed by atoms with van der Waals surface area (Å²) in [5.41, 5.74) is 0. The van der Waals surface area contributed by atoms with Crippen LogP contribution >= 0.6 is 24.4 Å². The Morgan fingerprint density at radius 1 is 0.737 bits per heavy atom. The SMILES string of the molecule is C[CH][C](C)[CH]C.C[C]1[C](C)[C](C)[C](C)[C]1C.[Br][Zr][Br]. The molecule has 0 N–H and O–H groups in total. The molecule has 1 rings (SSSR count). The first kappa shape index (κ1) is 23.1. The molecule has 0 aromatic rings. The predicted molar refractivity (Wildman–Crippen MR) is 91.3 cm³/mol. The molecule has 108 valence electrons. The number of hydrogen-bond acceptors (Lipinski definition) is 0. The molecule has 0 aliphatic heterocycles. The number of rotatable bonds is 2. The minimum absolute atomic E-state index is 0.145. The quantitative estimate of drug-likeness (QED) is 0.423. The molecule has 0 aromatic heterocycles. The second-order valence-electron chi connectivity index (χ2n) is 4.52. The molecule has 3 heteroatoms. The van der Waals surface area contributed by atoms with Crippen LogP contribution in [-0.4, -0.2) is 0 Å². The van der Waals surface area contributed by atoms with Crippen LogP contribution in [-0.2, 0) is 18.5 Å². The van der Waals surface area contributed by atoms with E-state index in [9.17, 15) is 0 Å². The Hall–Kier alpha value is 1.84. The van der Waals surface area contributed by atoms with Crippen molar-refractivity contribution >= 4 is 24.4 Å². The molecular weight excluding hydrogens is 443 g/mol. The monoisotopic (exact) mass is 466 g/mol. The zero-order valence-corrected chi connectivity index (χ0v) is 19.0. The molecule has 0 bridgehead atoms. The van der Waals surface area contributed by atoms with Crippen LogP contribution in [0.2, 0.25) is 0 Å². The summed E-state index contributed by atoms with van der Waals surface area (Å²) in [6.45, 7) is 17.2. The van der Waals surface area contributed by atoms with E-state index in [2.05, 4.69) is 78.8 Å². The molecule has 0 aromatic carbocycles. The van der Waals surface area contributed by atoms with Crippen molar-refractivity contribution in [2.75, 3.05) is 0 Å². The van der Waals surface area contributed by atoms with E-state index >= 15 is 0 Å². The van der Waals surface area contributed by atoms with Crippen LogP contribution in [0.3, 0.4) is 0 Å². The van der Waals surface area contributed by atoms with Crippen molar-refractivity contribution in [1.29, 1.82) is 0 Å². The van der Waals surface area contributed by atoms with Gasteiger partial charge >= 0.3 is 43.0 Å². The Labute approximate surface area is 145 Å². The second kappa shape index (κ2) is 13.5. The fraction of sp³-hybridized carbons (Fsp3) is 0.500. The van der Waals surface area contributed by atoms with Gasteiger partial charge in [0, 0.05) is 0 Å². The predicted octanol–water partition coefficient (Wildman–Crippen LogP) is 6.69. The third-order valence-electron chi connectivity index (χ3n) is 3.72. The van der Waals surface area contributed by atoms with Gasteiger partial charge in [0.05, 0.1) is 0 Å². The van der Waals surface area contributed by atoms with E-state index < -0.39 is 0 Å². The maximum absolute atomic E-state index is 3.23. The molecule has 1 aliphatic rings. The van der Waals surface area contributed by atoms with E-state index in [1.165, 1.54) is 35.5 Å². The molecule has 0 spiro atoms. The van der Waals surface area contributed by atoms with Crippen molar-refractivity contribution in [2.24, 2.45) is 0 Å². The van der Waals surface area contributed by atoms with Crippen molar-refractivity contribution in [3.8, 4) is 0 Å². The Balaban J connectivity index is 0. The molecule has 1 aliphatic carbocycles. The normalized spacial score (nSPS) is 18.9. The summed E-state index contributed by atoms with van der Waals surface area (Å²) in [7, 11) is 0. The van der Waals surface area contributed by atoms with Gasteiger partial charge in [0.1, 0.15) is 0 Å². The minimum atomic E-state index is -0.145. The summed E-state index contributed by atoms with van der Waals surface area (Å²) in [6, 6.07) is 0. The zero-order valence-electron chi connectivity index (χ0n) is 13.4. The molecule has 0 saturated heterocycles. The fourth-order valence-electron chi connectivity index (χ4n) is 1.57. The molecule has 1 saturated carbocycles. The van der Waals surface area contributed by atoms with Gasteiger partial charge in [-0.3, -0.25) is 0 Å². The molecule has 0 amide bonds. The van der Waals surface area contributed by atoms with E-state index in [4.69, 9.17) is 0 Å². The van der Waals surface area contributed by atoms with Crippen LogP contribution in [0.1, 0.15) is 55.4 Å². The first-order valence-corrected chi connectivity index (χ1v) is 17.6. The number of halogens is 2. The van der Waals surface area contributed by atoms with Crippen LogP contribution in [0, 0.1) is 48.3 Å². The first-order valence-electron chi connectivity index (χ1n) is 6.36. The Morgan fingerprint density at radius 2 is 0.895 bits per heavy atom. The van der Waals surface area contributed by atoms with Crippen molar-refractivity contribution < 1.29 is 18.5 Å². The molecule has 8 radical (unpaired) electrons. The van der Waals surface area contributed by atoms with Gasteiger partial charge in [-0.2, -0.15) is 0 Å². The van der Waals surface area contributed by atoms with Gasteiger partial charge in [-0.15, -0.1) is 0 Å². The molecule has 0 unspecified atom stereocenters. The first-order chi connectivity index (χ1) is 8.78. The molecular formula is C16H26Br2Zr. The van der Waals surface area contributed by atoms with Gasteiger partial charge in [0.15, 0.2) is 0 Å². The topological polar surface area (TPSA) is 0 Å². The van der Waals surface area contributed by atoms with E-state index in [0.717, 1.165) is 0 Å². The van der Waals surface area contributed by atoms with E-state index in [-0.39, 0.29) is 18.5 Å². The van der Waals surface area contributed by atoms with E-state index in [1.807, 2.05) is 13.8 Å². The average Bonchev–Trinajstić information content (AvgIpc) is 2.57. The summed E-state index contributed by atoms with van der Waals surface area (Å²) in [5.74, 6) is 8.68. The summed E-state index contributed by atoms with van der Waals surface area (Å²) >= 11 is 6.32. The van der Waals surface area contributed by atoms with Crippen LogP contribution in [0.25, 0.3) is 0 Å². The third kappa shape index (κ3) is 9.46. The Bertz CT molecular complexity index is 150. The zero-order chi connectivity index (χ0) is 15.6. The van der Waals surface area contributed by atoms with Crippen molar-refractivity contribution in [2.45, 2.75) is 55.4 Å². The summed E-state index contributed by atoms with van der Waals surface area (Å²) in [5, 5.41) is 0. The van der Waals surface area contributed by atoms with Crippen molar-refractivity contribution in [3.63, 3.8) is 0 Å². The van der Waals surface area contributed by atoms with Crippen molar-refractivity contribution in [3.05, 3.63) is 48.3 Å². The molecule has 19 heavy (non-hydrogen) atoms. The summed E-state index contributed by atoms with van der Waals surface area (Å²) in [4.78, 5) is 0. The maximum atomic E-state index is 3.23. The number of hydrogen-bond donors (Lipinski definition) is 0. The van der Waals surface area contributed by atoms with Gasteiger partial charge in [-0.25, -0.2) is 0 Å². The fourth-order valence-corrected chi connectivity index (χ4v) is 1.57. The molecule has 0 nitrogen and oxygen atoms in total. The van der Waals surface area contributed by atoms with Gasteiger partial charge < -0.3 is 0 Å². The van der Waals surface area contributed by atoms with Crippen LogP contribution < -0.4 is 0 Å². The van der Waals surface area contributed by atoms with Gasteiger partial charge in [-0.1, -0.05) is 55.4 Å². The second-order valence-corrected chi connectivity index (χ2v) is 15.9. The van der Waals surface area contributed by atoms with Gasteiger partial charge in [0.2, 0.25) is 0 Å². The molecule has 0 atom stereocenters. The van der Waals surface area contributed by atoms with Gasteiger partial charge in [0.25, 0.3) is 0 Å². The molecule has 0 heterocycles. The van der Waals surface area contributed by atoms with E-state index in [0.29, 0.717) is 0 Å². The average molecular weight is 469 g/mol. The van der Waals surface area contributed by atoms with E-state index in [1.54, 1.807) is 0 Å². The van der Waals surface area contributed by atoms with Gasteiger partial charge in [-0.05, 0) is 48.3 Å². The Kier molecular flexibility index (Phi) is 16.4.